The molecule has 3 aromatic carbocycles. The van der Waals surface area contributed by atoms with Crippen molar-refractivity contribution in [3.8, 4) is 5.75 Å². The molecule has 1 amide bonds. The second kappa shape index (κ2) is 13.4. The first-order valence-electron chi connectivity index (χ1n) is 14.8. The largest absolute Gasteiger partial charge is 0.421 e. The van der Waals surface area contributed by atoms with E-state index in [0.717, 1.165) is 29.8 Å². The van der Waals surface area contributed by atoms with Gasteiger partial charge < -0.3 is 15.0 Å². The molecule has 4 aromatic rings. The van der Waals surface area contributed by atoms with Crippen molar-refractivity contribution in [2.45, 2.75) is 53.2 Å². The molecule has 1 saturated heterocycles. The number of anilines is 4. The van der Waals surface area contributed by atoms with Crippen LogP contribution < -0.4 is 19.9 Å². The number of carbonyl (C=O) groups is 1. The normalized spacial score (nSPS) is 16.9. The van der Waals surface area contributed by atoms with Crippen molar-refractivity contribution < 1.29 is 18.3 Å². The Morgan fingerprint density at radius 1 is 1.00 bits per heavy atom. The van der Waals surface area contributed by atoms with Gasteiger partial charge in [0.05, 0.1) is 12.2 Å². The summed E-state index contributed by atoms with van der Waals surface area (Å²) in [7, 11) is 2.08. The van der Waals surface area contributed by atoms with Crippen LogP contribution in [0.5, 0.6) is 5.75 Å². The maximum atomic E-state index is 15.4. The van der Waals surface area contributed by atoms with Crippen LogP contribution in [0.4, 0.5) is 36.7 Å². The van der Waals surface area contributed by atoms with E-state index in [1.165, 1.54) is 41.4 Å². The Balaban J connectivity index is 1.42. The number of carbonyl (C=O) groups excluding carboxylic acids is 1. The number of nitrogens with zero attached hydrogens (tertiary/aromatic N) is 5. The molecule has 0 spiro atoms. The molecule has 236 valence electrons. The molecule has 1 aliphatic rings. The molecule has 0 aliphatic carbocycles. The summed E-state index contributed by atoms with van der Waals surface area (Å²) < 4.78 is 36.0. The van der Waals surface area contributed by atoms with E-state index in [9.17, 15) is 9.18 Å². The Labute approximate surface area is 267 Å². The fourth-order valence-corrected chi connectivity index (χ4v) is 5.87. The minimum atomic E-state index is -0.764. The van der Waals surface area contributed by atoms with E-state index in [4.69, 9.17) is 16.3 Å². The molecule has 1 aromatic heterocycles. The summed E-state index contributed by atoms with van der Waals surface area (Å²) in [6.45, 7) is 11.1. The molecule has 5 rings (SSSR count). The standard InChI is InChI=1S/C34H37ClF2N6O2/c1-20-13-21(2)32(22(3)14-20)45-34(44)43(19-25-15-26(35)7-9-28(25)36)31-11-12-38-33(40-31)39-27-8-10-30(29(37)16-27)42-17-23(4)41(6)24(5)18-42/h7-16,23-24H,17-19H2,1-6H3,(H,38,39,40)/t23-,24+. The lowest BCUT2D eigenvalue weighted by Crippen LogP contribution is -2.55. The molecule has 8 nitrogen and oxygen atoms in total. The molecule has 1 fully saturated rings. The molecule has 2 heterocycles. The number of ether oxygens (including phenoxy) is 1. The second-order valence-corrected chi connectivity index (χ2v) is 12.2. The van der Waals surface area contributed by atoms with Gasteiger partial charge in [0.2, 0.25) is 5.95 Å². The molecule has 0 radical (unpaired) electrons. The second-order valence-electron chi connectivity index (χ2n) is 11.7. The maximum absolute atomic E-state index is 15.4. The highest BCUT2D eigenvalue weighted by atomic mass is 35.5. The predicted octanol–water partition coefficient (Wildman–Crippen LogP) is 7.81. The fourth-order valence-electron chi connectivity index (χ4n) is 5.68. The number of aryl methyl sites for hydroxylation is 3. The summed E-state index contributed by atoms with van der Waals surface area (Å²) in [6, 6.07) is 14.9. The van der Waals surface area contributed by atoms with E-state index in [2.05, 4.69) is 46.0 Å². The average Bonchev–Trinajstić information content (AvgIpc) is 2.98. The number of rotatable bonds is 7. The third-order valence-electron chi connectivity index (χ3n) is 8.17. The van der Waals surface area contributed by atoms with Crippen LogP contribution in [0, 0.1) is 32.4 Å². The number of amides is 1. The SMILES string of the molecule is Cc1cc(C)c(OC(=O)N(Cc2cc(Cl)ccc2F)c2ccnc(Nc3ccc(N4C[C@@H](C)N(C)[C@@H](C)C4)c(F)c3)n2)c(C)c1. The zero-order chi connectivity index (χ0) is 32.4. The number of aromatic nitrogens is 2. The highest BCUT2D eigenvalue weighted by molar-refractivity contribution is 6.30. The number of piperazine rings is 1. The van der Waals surface area contributed by atoms with Gasteiger partial charge >= 0.3 is 6.09 Å². The zero-order valence-electron chi connectivity index (χ0n) is 26.2. The van der Waals surface area contributed by atoms with Crippen LogP contribution in [0.2, 0.25) is 5.02 Å². The zero-order valence-corrected chi connectivity index (χ0v) is 27.0. The van der Waals surface area contributed by atoms with E-state index in [1.54, 1.807) is 12.1 Å². The van der Waals surface area contributed by atoms with Gasteiger partial charge in [-0.2, -0.15) is 4.98 Å². The Morgan fingerprint density at radius 3 is 2.36 bits per heavy atom. The minimum absolute atomic E-state index is 0.119. The van der Waals surface area contributed by atoms with Gasteiger partial charge in [0.15, 0.2) is 0 Å². The van der Waals surface area contributed by atoms with Crippen LogP contribution in [0.3, 0.4) is 0 Å². The van der Waals surface area contributed by atoms with Gasteiger partial charge in [-0.05, 0) is 95.3 Å². The van der Waals surface area contributed by atoms with Crippen molar-refractivity contribution in [3.05, 3.63) is 99.7 Å². The van der Waals surface area contributed by atoms with E-state index in [0.29, 0.717) is 22.1 Å². The monoisotopic (exact) mass is 634 g/mol. The van der Waals surface area contributed by atoms with Crippen LogP contribution in [0.15, 0.2) is 60.8 Å². The molecular formula is C34H37ClF2N6O2. The molecule has 0 saturated carbocycles. The van der Waals surface area contributed by atoms with E-state index in [1.807, 2.05) is 32.9 Å². The Hall–Kier alpha value is -4.28. The predicted molar refractivity (Wildman–Crippen MR) is 175 cm³/mol. The van der Waals surface area contributed by atoms with Gasteiger partial charge in [-0.25, -0.2) is 18.6 Å². The lowest BCUT2D eigenvalue weighted by atomic mass is 10.1. The lowest BCUT2D eigenvalue weighted by Gasteiger charge is -2.43. The Morgan fingerprint density at radius 2 is 1.69 bits per heavy atom. The Bertz CT molecular complexity index is 1690. The third-order valence-corrected chi connectivity index (χ3v) is 8.41. The molecule has 2 atom stereocenters. The van der Waals surface area contributed by atoms with Crippen LogP contribution in [0.1, 0.15) is 36.1 Å². The number of halogens is 3. The van der Waals surface area contributed by atoms with Crippen molar-refractivity contribution in [2.24, 2.45) is 0 Å². The van der Waals surface area contributed by atoms with Gasteiger partial charge in [0, 0.05) is 47.6 Å². The van der Waals surface area contributed by atoms with E-state index >= 15 is 4.39 Å². The van der Waals surface area contributed by atoms with Crippen LogP contribution in [-0.2, 0) is 6.54 Å². The summed E-state index contributed by atoms with van der Waals surface area (Å²) in [5, 5.41) is 3.35. The topological polar surface area (TPSA) is 73.8 Å². The van der Waals surface area contributed by atoms with Crippen molar-refractivity contribution in [3.63, 3.8) is 0 Å². The molecule has 1 aliphatic heterocycles. The molecule has 0 unspecified atom stereocenters. The Kier molecular flexibility index (Phi) is 9.55. The number of hydrogen-bond acceptors (Lipinski definition) is 7. The van der Waals surface area contributed by atoms with Crippen LogP contribution in [-0.4, -0.2) is 53.2 Å². The van der Waals surface area contributed by atoms with E-state index < -0.39 is 11.9 Å². The number of hydrogen-bond donors (Lipinski definition) is 1. The van der Waals surface area contributed by atoms with Crippen LogP contribution in [0.25, 0.3) is 0 Å². The molecule has 1 N–H and O–H groups in total. The average molecular weight is 635 g/mol. The van der Waals surface area contributed by atoms with Gasteiger partial charge in [-0.1, -0.05) is 29.3 Å². The summed E-state index contributed by atoms with van der Waals surface area (Å²) in [6.07, 6.45) is 0.694. The van der Waals surface area contributed by atoms with Gasteiger partial charge in [-0.15, -0.1) is 0 Å². The van der Waals surface area contributed by atoms with Crippen LogP contribution >= 0.6 is 11.6 Å². The first-order chi connectivity index (χ1) is 21.4. The summed E-state index contributed by atoms with van der Waals surface area (Å²) >= 11 is 6.15. The molecule has 45 heavy (non-hydrogen) atoms. The van der Waals surface area contributed by atoms with E-state index in [-0.39, 0.29) is 41.8 Å². The fraction of sp³-hybridized carbons (Fsp3) is 0.324. The summed E-state index contributed by atoms with van der Waals surface area (Å²) in [5.41, 5.74) is 3.74. The van der Waals surface area contributed by atoms with Gasteiger partial charge in [-0.3, -0.25) is 9.80 Å². The highest BCUT2D eigenvalue weighted by Crippen LogP contribution is 2.30. The number of nitrogens with one attached hydrogen (secondary N) is 1. The number of benzene rings is 3. The molecule has 0 bridgehead atoms. The quantitative estimate of drug-likeness (QED) is 0.222. The third kappa shape index (κ3) is 7.34. The molecular weight excluding hydrogens is 598 g/mol. The maximum Gasteiger partial charge on any atom is 0.421 e. The summed E-state index contributed by atoms with van der Waals surface area (Å²) in [5.74, 6) is -0.225. The first kappa shape index (κ1) is 32.1. The first-order valence-corrected chi connectivity index (χ1v) is 15.1. The lowest BCUT2D eigenvalue weighted by molar-refractivity contribution is 0.169. The molecule has 11 heteroatoms. The van der Waals surface area contributed by atoms with Gasteiger partial charge in [0.1, 0.15) is 23.2 Å². The smallest absolute Gasteiger partial charge is 0.409 e. The summed E-state index contributed by atoms with van der Waals surface area (Å²) in [4.78, 5) is 28.0. The number of likely N-dealkylation sites (N-methyl/N-ethyl adjacent to an activating group) is 1. The van der Waals surface area contributed by atoms with Gasteiger partial charge in [0.25, 0.3) is 0 Å². The minimum Gasteiger partial charge on any atom is -0.409 e. The van der Waals surface area contributed by atoms with Crippen molar-refractivity contribution >= 4 is 40.8 Å². The van der Waals surface area contributed by atoms with Crippen molar-refractivity contribution in [2.75, 3.05) is 35.3 Å². The van der Waals surface area contributed by atoms with Crippen molar-refractivity contribution in [1.29, 1.82) is 0 Å². The van der Waals surface area contributed by atoms with Crippen molar-refractivity contribution in [1.82, 2.24) is 14.9 Å². The highest BCUT2D eigenvalue weighted by Gasteiger charge is 2.28.